The van der Waals surface area contributed by atoms with Gasteiger partial charge in [-0.15, -0.1) is 0 Å². The molecule has 0 saturated carbocycles. The Labute approximate surface area is 183 Å². The number of anilines is 1. The summed E-state index contributed by atoms with van der Waals surface area (Å²) in [7, 11) is -2.63. The number of nitrogens with zero attached hydrogens (tertiary/aromatic N) is 6. The van der Waals surface area contributed by atoms with Gasteiger partial charge < -0.3 is 10.6 Å². The van der Waals surface area contributed by atoms with Gasteiger partial charge in [-0.05, 0) is 25.1 Å². The summed E-state index contributed by atoms with van der Waals surface area (Å²) in [6, 6.07) is 8.79. The van der Waals surface area contributed by atoms with E-state index in [1.54, 1.807) is 37.2 Å². The summed E-state index contributed by atoms with van der Waals surface area (Å²) in [6.07, 6.45) is 3.11. The summed E-state index contributed by atoms with van der Waals surface area (Å²) >= 11 is 0. The van der Waals surface area contributed by atoms with Crippen LogP contribution in [0.3, 0.4) is 0 Å². The van der Waals surface area contributed by atoms with Crippen LogP contribution in [0.2, 0.25) is 0 Å². The van der Waals surface area contributed by atoms with Crippen LogP contribution in [0.4, 0.5) is 11.4 Å². The number of non-ortho nitro benzene ring substituents is 1. The number of aromatic nitrogens is 2. The van der Waals surface area contributed by atoms with Crippen LogP contribution in [0, 0.1) is 21.4 Å². The topological polar surface area (TPSA) is 172 Å². The second kappa shape index (κ2) is 9.00. The normalized spacial score (nSPS) is 11.9. The Morgan fingerprint density at radius 1 is 1.41 bits per heavy atom. The molecule has 0 fully saturated rings. The number of nitro benzene ring substituents is 1. The first-order chi connectivity index (χ1) is 15.2. The lowest BCUT2D eigenvalue weighted by molar-refractivity contribution is -0.385. The number of benzene rings is 1. The van der Waals surface area contributed by atoms with Gasteiger partial charge in [-0.1, -0.05) is 0 Å². The van der Waals surface area contributed by atoms with E-state index in [2.05, 4.69) is 15.0 Å². The number of nitro groups is 1. The zero-order valence-electron chi connectivity index (χ0n) is 17.3. The number of hydrogen-bond acceptors (Lipinski definition) is 9. The summed E-state index contributed by atoms with van der Waals surface area (Å²) < 4.78 is 27.6. The second-order valence-corrected chi connectivity index (χ2v) is 8.46. The van der Waals surface area contributed by atoms with Gasteiger partial charge in [0.1, 0.15) is 4.90 Å². The number of hydrogen-bond donors (Lipinski definition) is 2. The maximum absolute atomic E-state index is 13.0. The van der Waals surface area contributed by atoms with Crippen molar-refractivity contribution in [2.24, 2.45) is 10.8 Å². The fourth-order valence-corrected chi connectivity index (χ4v) is 4.16. The molecule has 12 nitrogen and oxygen atoms in total. The average molecular weight is 456 g/mol. The van der Waals surface area contributed by atoms with E-state index >= 15 is 0 Å². The summed E-state index contributed by atoms with van der Waals surface area (Å²) in [5, 5.41) is 28.4. The van der Waals surface area contributed by atoms with Crippen molar-refractivity contribution >= 4 is 32.6 Å². The summed E-state index contributed by atoms with van der Waals surface area (Å²) in [6.45, 7) is 2.18. The monoisotopic (exact) mass is 456 g/mol. The predicted molar refractivity (Wildman–Crippen MR) is 118 cm³/mol. The van der Waals surface area contributed by atoms with Gasteiger partial charge in [0, 0.05) is 44.0 Å². The lowest BCUT2D eigenvalue weighted by Gasteiger charge is -2.21. The first kappa shape index (κ1) is 22.7. The van der Waals surface area contributed by atoms with Crippen LogP contribution in [-0.4, -0.2) is 48.8 Å². The van der Waals surface area contributed by atoms with Crippen LogP contribution in [0.15, 0.2) is 52.7 Å². The molecule has 2 heterocycles. The zero-order valence-corrected chi connectivity index (χ0v) is 18.1. The molecule has 32 heavy (non-hydrogen) atoms. The fraction of sp³-hybridized carbons (Fsp3) is 0.211. The second-order valence-electron chi connectivity index (χ2n) is 6.83. The van der Waals surface area contributed by atoms with Crippen molar-refractivity contribution in [1.29, 1.82) is 5.26 Å². The van der Waals surface area contributed by atoms with Gasteiger partial charge in [-0.2, -0.15) is 28.7 Å². The molecule has 0 bridgehead atoms. The Kier molecular flexibility index (Phi) is 6.37. The summed E-state index contributed by atoms with van der Waals surface area (Å²) in [5.41, 5.74) is 7.23. The minimum atomic E-state index is -4.27. The smallest absolute Gasteiger partial charge is 0.278 e. The molecular weight excluding hydrogens is 436 g/mol. The first-order valence-corrected chi connectivity index (χ1v) is 10.8. The van der Waals surface area contributed by atoms with E-state index in [1.807, 2.05) is 6.07 Å². The highest BCUT2D eigenvalue weighted by atomic mass is 32.2. The highest BCUT2D eigenvalue weighted by molar-refractivity contribution is 7.89. The van der Waals surface area contributed by atoms with E-state index in [1.165, 1.54) is 22.8 Å². The molecule has 0 saturated heterocycles. The van der Waals surface area contributed by atoms with E-state index in [4.69, 9.17) is 11.0 Å². The molecule has 0 unspecified atom stereocenters. The van der Waals surface area contributed by atoms with Crippen LogP contribution in [0.25, 0.3) is 5.52 Å². The Hall–Kier alpha value is -4.02. The summed E-state index contributed by atoms with van der Waals surface area (Å²) in [4.78, 5) is 13.9. The minimum absolute atomic E-state index is 0.246. The molecule has 166 valence electrons. The lowest BCUT2D eigenvalue weighted by atomic mass is 10.1. The van der Waals surface area contributed by atoms with Gasteiger partial charge in [0.2, 0.25) is 0 Å². The van der Waals surface area contributed by atoms with E-state index in [9.17, 15) is 18.5 Å². The molecule has 0 aliphatic rings. The standard InChI is InChI=1S/C19H20N8O4S/c1-13(16-12-22-26-7-5-14(11-21)9-18(16)26)23-24-32(30,31)19-10-15(27(28)29)3-4-17(19)25(2)8-6-20/h3-5,7,9-10,12,24H,6,8,20H2,1-2H3/b23-13+. The molecule has 0 spiro atoms. The van der Waals surface area contributed by atoms with Crippen LogP contribution < -0.4 is 15.5 Å². The minimum Gasteiger partial charge on any atom is -0.372 e. The molecule has 3 aromatic rings. The van der Waals surface area contributed by atoms with Gasteiger partial charge >= 0.3 is 0 Å². The third-order valence-corrected chi connectivity index (χ3v) is 5.93. The van der Waals surface area contributed by atoms with Crippen molar-refractivity contribution in [3.8, 4) is 6.07 Å². The zero-order chi connectivity index (χ0) is 23.5. The van der Waals surface area contributed by atoms with E-state index < -0.39 is 14.9 Å². The van der Waals surface area contributed by atoms with Crippen molar-refractivity contribution < 1.29 is 13.3 Å². The summed E-state index contributed by atoms with van der Waals surface area (Å²) in [5.74, 6) is 0. The average Bonchev–Trinajstić information content (AvgIpc) is 3.20. The molecule has 3 N–H and O–H groups in total. The van der Waals surface area contributed by atoms with Crippen LogP contribution in [-0.2, 0) is 10.0 Å². The fourth-order valence-electron chi connectivity index (χ4n) is 3.03. The van der Waals surface area contributed by atoms with E-state index in [-0.39, 0.29) is 22.8 Å². The van der Waals surface area contributed by atoms with Crippen molar-refractivity contribution in [2.75, 3.05) is 25.0 Å². The third kappa shape index (κ3) is 4.51. The Morgan fingerprint density at radius 3 is 2.81 bits per heavy atom. The van der Waals surface area contributed by atoms with Gasteiger partial charge in [0.15, 0.2) is 0 Å². The number of hydrazone groups is 1. The number of nitrogens with two attached hydrogens (primary N) is 1. The molecule has 13 heteroatoms. The van der Waals surface area contributed by atoms with Crippen molar-refractivity contribution in [3.05, 3.63) is 64.0 Å². The maximum atomic E-state index is 13.0. The van der Waals surface area contributed by atoms with E-state index in [0.717, 1.165) is 6.07 Å². The molecule has 3 rings (SSSR count). The highest BCUT2D eigenvalue weighted by Gasteiger charge is 2.24. The van der Waals surface area contributed by atoms with Gasteiger partial charge in [-0.25, -0.2) is 4.52 Å². The molecule has 0 aliphatic carbocycles. The Balaban J connectivity index is 2.00. The highest BCUT2D eigenvalue weighted by Crippen LogP contribution is 2.28. The Bertz CT molecular complexity index is 1360. The number of sulfonamides is 1. The van der Waals surface area contributed by atoms with Crippen molar-refractivity contribution in [2.45, 2.75) is 11.8 Å². The third-order valence-electron chi connectivity index (χ3n) is 4.69. The molecule has 0 aliphatic heterocycles. The number of rotatable bonds is 8. The Morgan fingerprint density at radius 2 is 2.16 bits per heavy atom. The number of nitrogens with one attached hydrogen (secondary N) is 1. The number of likely N-dealkylation sites (N-methyl/N-ethyl adjacent to an activating group) is 1. The van der Waals surface area contributed by atoms with Crippen LogP contribution in [0.1, 0.15) is 18.1 Å². The van der Waals surface area contributed by atoms with Crippen molar-refractivity contribution in [3.63, 3.8) is 0 Å². The van der Waals surface area contributed by atoms with Crippen LogP contribution >= 0.6 is 0 Å². The molecule has 2 aromatic heterocycles. The van der Waals surface area contributed by atoms with Gasteiger partial charge in [0.05, 0.1) is 39.7 Å². The van der Waals surface area contributed by atoms with Gasteiger partial charge in [-0.3, -0.25) is 10.1 Å². The number of nitriles is 1. The van der Waals surface area contributed by atoms with E-state index in [0.29, 0.717) is 28.9 Å². The number of pyridine rings is 1. The predicted octanol–water partition coefficient (Wildman–Crippen LogP) is 1.21. The quantitative estimate of drug-likeness (QED) is 0.289. The largest absolute Gasteiger partial charge is 0.372 e. The van der Waals surface area contributed by atoms with Crippen LogP contribution in [0.5, 0.6) is 0 Å². The lowest BCUT2D eigenvalue weighted by Crippen LogP contribution is -2.28. The molecule has 0 atom stereocenters. The molecule has 0 radical (unpaired) electrons. The number of fused-ring (bicyclic) bond motifs is 1. The first-order valence-electron chi connectivity index (χ1n) is 9.31. The SMILES string of the molecule is C/C(=N\NS(=O)(=O)c1cc([N+](=O)[O-])ccc1N(C)CCN)c1cnn2ccc(C#N)cc12. The van der Waals surface area contributed by atoms with Crippen molar-refractivity contribution in [1.82, 2.24) is 14.4 Å². The maximum Gasteiger partial charge on any atom is 0.278 e. The molecule has 1 aromatic carbocycles. The van der Waals surface area contributed by atoms with Gasteiger partial charge in [0.25, 0.3) is 15.7 Å². The molecule has 0 amide bonds. The molecular formula is C19H20N8O4S.